The Kier molecular flexibility index (Phi) is 8.17. The number of rotatable bonds is 9. The van der Waals surface area contributed by atoms with Gasteiger partial charge in [0.1, 0.15) is 0 Å². The first kappa shape index (κ1) is 23.7. The smallest absolute Gasteiger partial charge is 0.272 e. The topological polar surface area (TPSA) is 82.0 Å². The van der Waals surface area contributed by atoms with Crippen LogP contribution in [0.3, 0.4) is 0 Å². The number of benzene rings is 2. The van der Waals surface area contributed by atoms with Gasteiger partial charge in [-0.1, -0.05) is 81.6 Å². The number of anilines is 1. The molecule has 2 aromatic carbocycles. The van der Waals surface area contributed by atoms with Gasteiger partial charge in [0.2, 0.25) is 12.1 Å². The summed E-state index contributed by atoms with van der Waals surface area (Å²) in [7, 11) is 1.70. The Morgan fingerprint density at radius 3 is 2.44 bits per heavy atom. The number of benzodiazepines with no additional fused rings is 1. The van der Waals surface area contributed by atoms with Gasteiger partial charge in [0.05, 0.1) is 23.4 Å². The predicted molar refractivity (Wildman–Crippen MR) is 128 cm³/mol. The van der Waals surface area contributed by atoms with Gasteiger partial charge in [-0.25, -0.2) is 4.99 Å². The van der Waals surface area contributed by atoms with Crippen molar-refractivity contribution in [1.29, 1.82) is 0 Å². The quantitative estimate of drug-likeness (QED) is 0.627. The van der Waals surface area contributed by atoms with Gasteiger partial charge in [0.25, 0.3) is 5.91 Å². The van der Waals surface area contributed by atoms with Crippen molar-refractivity contribution in [2.45, 2.75) is 58.2 Å². The van der Waals surface area contributed by atoms with Gasteiger partial charge in [-0.3, -0.25) is 9.59 Å². The molecule has 6 heteroatoms. The normalized spacial score (nSPS) is 17.8. The lowest BCUT2D eigenvalue weighted by atomic mass is 9.92. The second kappa shape index (κ2) is 11.0. The highest BCUT2D eigenvalue weighted by Gasteiger charge is 2.34. The molecule has 0 aromatic heterocycles. The molecule has 170 valence electrons. The van der Waals surface area contributed by atoms with Crippen molar-refractivity contribution in [2.75, 3.05) is 11.9 Å². The standard InChI is InChI=1S/C26H33N3O3/c1-4-6-17-22(30)20(12-5-2)25(31)28-24-26(32)29(3)21-16-11-10-15-19(21)23(27-24)18-13-8-7-9-14-18/h7-11,13-16,20,22,24,30H,4-6,12,17H2,1-3H3,(H,28,31)/t20-,22+,24-/m1/s1. The average Bonchev–Trinajstić information content (AvgIpc) is 2.92. The second-order valence-corrected chi connectivity index (χ2v) is 8.27. The molecule has 1 aliphatic heterocycles. The fraction of sp³-hybridized carbons (Fsp3) is 0.423. The Labute approximate surface area is 190 Å². The van der Waals surface area contributed by atoms with E-state index < -0.39 is 18.2 Å². The number of unbranched alkanes of at least 4 members (excludes halogenated alkanes) is 1. The van der Waals surface area contributed by atoms with Crippen LogP contribution >= 0.6 is 0 Å². The van der Waals surface area contributed by atoms with Crippen molar-refractivity contribution in [2.24, 2.45) is 10.9 Å². The number of likely N-dealkylation sites (N-methyl/N-ethyl adjacent to an activating group) is 1. The van der Waals surface area contributed by atoms with Gasteiger partial charge in [0.15, 0.2) is 0 Å². The molecule has 6 nitrogen and oxygen atoms in total. The predicted octanol–water partition coefficient (Wildman–Crippen LogP) is 3.91. The van der Waals surface area contributed by atoms with Crippen LogP contribution in [0.1, 0.15) is 57.1 Å². The summed E-state index contributed by atoms with van der Waals surface area (Å²) >= 11 is 0. The minimum absolute atomic E-state index is 0.310. The highest BCUT2D eigenvalue weighted by Crippen LogP contribution is 2.27. The number of nitrogens with one attached hydrogen (secondary N) is 1. The fourth-order valence-corrected chi connectivity index (χ4v) is 4.11. The molecule has 0 aliphatic carbocycles. The van der Waals surface area contributed by atoms with Gasteiger partial charge in [-0.2, -0.15) is 0 Å². The maximum atomic E-state index is 13.3. The number of fused-ring (bicyclic) bond motifs is 1. The van der Waals surface area contributed by atoms with Crippen LogP contribution in [-0.2, 0) is 9.59 Å². The van der Waals surface area contributed by atoms with Crippen LogP contribution < -0.4 is 10.2 Å². The number of amides is 2. The summed E-state index contributed by atoms with van der Waals surface area (Å²) < 4.78 is 0. The summed E-state index contributed by atoms with van der Waals surface area (Å²) in [4.78, 5) is 32.7. The minimum atomic E-state index is -1.06. The number of hydrogen-bond donors (Lipinski definition) is 2. The molecular weight excluding hydrogens is 402 g/mol. The molecule has 2 N–H and O–H groups in total. The first-order valence-electron chi connectivity index (χ1n) is 11.5. The molecule has 1 aliphatic rings. The van der Waals surface area contributed by atoms with E-state index in [9.17, 15) is 14.7 Å². The summed E-state index contributed by atoms with van der Waals surface area (Å²) in [6.45, 7) is 4.04. The molecule has 2 amide bonds. The van der Waals surface area contributed by atoms with Crippen molar-refractivity contribution in [1.82, 2.24) is 5.32 Å². The van der Waals surface area contributed by atoms with Gasteiger partial charge >= 0.3 is 0 Å². The third kappa shape index (κ3) is 5.25. The maximum absolute atomic E-state index is 13.3. The molecule has 0 spiro atoms. The van der Waals surface area contributed by atoms with Crippen molar-refractivity contribution in [3.63, 3.8) is 0 Å². The molecule has 0 saturated carbocycles. The van der Waals surface area contributed by atoms with Crippen LogP contribution in [0, 0.1) is 5.92 Å². The van der Waals surface area contributed by atoms with Crippen molar-refractivity contribution in [3.05, 3.63) is 65.7 Å². The van der Waals surface area contributed by atoms with Crippen LogP contribution in [0.25, 0.3) is 0 Å². The minimum Gasteiger partial charge on any atom is -0.392 e. The number of carbonyl (C=O) groups is 2. The molecule has 0 unspecified atom stereocenters. The number of aliphatic imine (C=N–C) groups is 1. The molecular formula is C26H33N3O3. The third-order valence-electron chi connectivity index (χ3n) is 5.92. The first-order chi connectivity index (χ1) is 15.5. The summed E-state index contributed by atoms with van der Waals surface area (Å²) in [5.41, 5.74) is 3.10. The average molecular weight is 436 g/mol. The Balaban J connectivity index is 1.96. The largest absolute Gasteiger partial charge is 0.392 e. The van der Waals surface area contributed by atoms with Crippen LogP contribution in [0.5, 0.6) is 0 Å². The monoisotopic (exact) mass is 435 g/mol. The van der Waals surface area contributed by atoms with E-state index in [1.54, 1.807) is 11.9 Å². The molecule has 32 heavy (non-hydrogen) atoms. The number of nitrogens with zero attached hydrogens (tertiary/aromatic N) is 2. The summed E-state index contributed by atoms with van der Waals surface area (Å²) in [5, 5.41) is 13.5. The Hall–Kier alpha value is -2.99. The molecule has 0 fully saturated rings. The van der Waals surface area contributed by atoms with Crippen LogP contribution in [0.4, 0.5) is 5.69 Å². The molecule has 0 bridgehead atoms. The van der Waals surface area contributed by atoms with Gasteiger partial charge in [-0.15, -0.1) is 0 Å². The van der Waals surface area contributed by atoms with Crippen molar-refractivity contribution < 1.29 is 14.7 Å². The van der Waals surface area contributed by atoms with E-state index in [1.807, 2.05) is 61.5 Å². The first-order valence-corrected chi connectivity index (χ1v) is 11.5. The Morgan fingerprint density at radius 1 is 1.06 bits per heavy atom. The Morgan fingerprint density at radius 2 is 1.75 bits per heavy atom. The van der Waals surface area contributed by atoms with Crippen LogP contribution in [-0.4, -0.2) is 41.9 Å². The maximum Gasteiger partial charge on any atom is 0.272 e. The number of carbonyl (C=O) groups excluding carboxylic acids is 2. The van der Waals surface area contributed by atoms with E-state index in [2.05, 4.69) is 12.2 Å². The van der Waals surface area contributed by atoms with Crippen LogP contribution in [0.15, 0.2) is 59.6 Å². The van der Waals surface area contributed by atoms with Crippen LogP contribution in [0.2, 0.25) is 0 Å². The second-order valence-electron chi connectivity index (χ2n) is 8.27. The molecule has 0 radical (unpaired) electrons. The molecule has 3 atom stereocenters. The van der Waals surface area contributed by atoms with E-state index in [1.165, 1.54) is 0 Å². The highest BCUT2D eigenvalue weighted by atomic mass is 16.3. The summed E-state index contributed by atoms with van der Waals surface area (Å²) in [6.07, 6.45) is 1.90. The SMILES string of the molecule is CCCC[C@H](O)[C@@H](CCC)C(=O)N[C@H]1N=C(c2ccccc2)c2ccccc2N(C)C1=O. The molecule has 0 saturated heterocycles. The zero-order valence-electron chi connectivity index (χ0n) is 19.1. The number of hydrogen-bond acceptors (Lipinski definition) is 4. The van der Waals surface area contributed by atoms with E-state index in [0.717, 1.165) is 36.1 Å². The van der Waals surface area contributed by atoms with E-state index in [4.69, 9.17) is 4.99 Å². The zero-order valence-corrected chi connectivity index (χ0v) is 19.1. The molecule has 3 rings (SSSR count). The lowest BCUT2D eigenvalue weighted by Crippen LogP contribution is -2.49. The van der Waals surface area contributed by atoms with Gasteiger partial charge < -0.3 is 15.3 Å². The zero-order chi connectivity index (χ0) is 23.1. The number of para-hydroxylation sites is 1. The Bertz CT molecular complexity index is 958. The van der Waals surface area contributed by atoms with E-state index in [-0.39, 0.29) is 11.8 Å². The molecule has 2 aromatic rings. The lowest BCUT2D eigenvalue weighted by molar-refractivity contribution is -0.133. The number of aliphatic hydroxyl groups is 1. The third-order valence-corrected chi connectivity index (χ3v) is 5.92. The number of aliphatic hydroxyl groups excluding tert-OH is 1. The van der Waals surface area contributed by atoms with Gasteiger partial charge in [0, 0.05) is 18.2 Å². The lowest BCUT2D eigenvalue weighted by Gasteiger charge is -2.25. The summed E-state index contributed by atoms with van der Waals surface area (Å²) in [5.74, 6) is -1.20. The van der Waals surface area contributed by atoms with Gasteiger partial charge in [-0.05, 0) is 18.9 Å². The molecule has 1 heterocycles. The summed E-state index contributed by atoms with van der Waals surface area (Å²) in [6, 6.07) is 17.3. The van der Waals surface area contributed by atoms with Crippen molar-refractivity contribution in [3.8, 4) is 0 Å². The van der Waals surface area contributed by atoms with E-state index >= 15 is 0 Å². The fourth-order valence-electron chi connectivity index (χ4n) is 4.11. The van der Waals surface area contributed by atoms with Crippen molar-refractivity contribution >= 4 is 23.2 Å². The highest BCUT2D eigenvalue weighted by molar-refractivity contribution is 6.20. The van der Waals surface area contributed by atoms with E-state index in [0.29, 0.717) is 18.6 Å².